The van der Waals surface area contributed by atoms with Gasteiger partial charge in [-0.3, -0.25) is 0 Å². The zero-order chi connectivity index (χ0) is 16.7. The number of benzene rings is 2. The highest BCUT2D eigenvalue weighted by Crippen LogP contribution is 2.37. The minimum Gasteiger partial charge on any atom is -0.493 e. The van der Waals surface area contributed by atoms with E-state index in [4.69, 9.17) is 18.9 Å². The highest BCUT2D eigenvalue weighted by Gasteiger charge is 2.15. The van der Waals surface area contributed by atoms with Crippen molar-refractivity contribution in [2.45, 2.75) is 20.5 Å². The molecule has 0 fully saturated rings. The summed E-state index contributed by atoms with van der Waals surface area (Å²) in [5.41, 5.74) is 3.19. The molecule has 4 heteroatoms. The summed E-state index contributed by atoms with van der Waals surface area (Å²) in [6.45, 7) is 5.53. The van der Waals surface area contributed by atoms with Crippen LogP contribution < -0.4 is 14.2 Å². The van der Waals surface area contributed by atoms with Gasteiger partial charge in [0.05, 0.1) is 27.4 Å². The lowest BCUT2D eigenvalue weighted by Gasteiger charge is -2.17. The molecule has 124 valence electrons. The quantitative estimate of drug-likeness (QED) is 0.692. The average molecular weight is 316 g/mol. The van der Waals surface area contributed by atoms with Crippen molar-refractivity contribution in [1.29, 1.82) is 0 Å². The summed E-state index contributed by atoms with van der Waals surface area (Å²) in [6.07, 6.45) is 0. The number of ether oxygens (including phenoxy) is 4. The zero-order valence-corrected chi connectivity index (χ0v) is 14.2. The molecule has 2 aromatic carbocycles. The monoisotopic (exact) mass is 316 g/mol. The minimum absolute atomic E-state index is 0.462. The van der Waals surface area contributed by atoms with Crippen molar-refractivity contribution >= 4 is 0 Å². The van der Waals surface area contributed by atoms with Crippen LogP contribution in [0.15, 0.2) is 36.4 Å². The minimum atomic E-state index is 0.462. The van der Waals surface area contributed by atoms with Crippen LogP contribution in [-0.2, 0) is 11.3 Å². The second-order valence-corrected chi connectivity index (χ2v) is 5.27. The second kappa shape index (κ2) is 8.44. The fourth-order valence-corrected chi connectivity index (χ4v) is 2.53. The second-order valence-electron chi connectivity index (χ2n) is 5.27. The van der Waals surface area contributed by atoms with Crippen LogP contribution in [0, 0.1) is 13.8 Å². The predicted molar refractivity (Wildman–Crippen MR) is 90.6 cm³/mol. The molecule has 0 saturated heterocycles. The fourth-order valence-electron chi connectivity index (χ4n) is 2.53. The van der Waals surface area contributed by atoms with Crippen LogP contribution >= 0.6 is 0 Å². The number of hydrogen-bond acceptors (Lipinski definition) is 4. The topological polar surface area (TPSA) is 36.9 Å². The fraction of sp³-hybridized carbons (Fsp3) is 0.368. The molecule has 0 heterocycles. The van der Waals surface area contributed by atoms with Gasteiger partial charge in [0.15, 0.2) is 11.5 Å². The van der Waals surface area contributed by atoms with Gasteiger partial charge in [-0.15, -0.1) is 0 Å². The van der Waals surface area contributed by atoms with Crippen molar-refractivity contribution < 1.29 is 18.9 Å². The molecule has 0 bridgehead atoms. The average Bonchev–Trinajstić information content (AvgIpc) is 2.56. The van der Waals surface area contributed by atoms with E-state index in [9.17, 15) is 0 Å². The van der Waals surface area contributed by atoms with Gasteiger partial charge < -0.3 is 18.9 Å². The third-order valence-electron chi connectivity index (χ3n) is 3.64. The molecular weight excluding hydrogens is 292 g/mol. The van der Waals surface area contributed by atoms with E-state index in [0.29, 0.717) is 19.8 Å². The van der Waals surface area contributed by atoms with Gasteiger partial charge in [0, 0.05) is 5.56 Å². The van der Waals surface area contributed by atoms with E-state index < -0.39 is 0 Å². The molecular formula is C19H24O4. The summed E-state index contributed by atoms with van der Waals surface area (Å²) in [4.78, 5) is 0. The molecule has 0 N–H and O–H groups in total. The third kappa shape index (κ3) is 4.39. The van der Waals surface area contributed by atoms with Crippen LogP contribution in [0.25, 0.3) is 0 Å². The van der Waals surface area contributed by atoms with E-state index in [0.717, 1.165) is 33.9 Å². The summed E-state index contributed by atoms with van der Waals surface area (Å²) in [6, 6.07) is 11.8. The van der Waals surface area contributed by atoms with E-state index in [2.05, 4.69) is 6.07 Å². The first-order chi connectivity index (χ1) is 11.2. The summed E-state index contributed by atoms with van der Waals surface area (Å²) < 4.78 is 22.3. The maximum Gasteiger partial charge on any atom is 0.166 e. The van der Waals surface area contributed by atoms with Crippen molar-refractivity contribution in [2.24, 2.45) is 0 Å². The highest BCUT2D eigenvalue weighted by atomic mass is 16.5. The normalized spacial score (nSPS) is 10.4. The molecule has 0 atom stereocenters. The molecule has 0 radical (unpaired) electrons. The number of para-hydroxylation sites is 1. The predicted octanol–water partition coefficient (Wildman–Crippen LogP) is 3.92. The van der Waals surface area contributed by atoms with Crippen LogP contribution in [0.2, 0.25) is 0 Å². The number of rotatable bonds is 8. The Morgan fingerprint density at radius 1 is 0.826 bits per heavy atom. The number of hydrogen-bond donors (Lipinski definition) is 0. The van der Waals surface area contributed by atoms with E-state index in [1.165, 1.54) is 0 Å². The van der Waals surface area contributed by atoms with Crippen LogP contribution in [-0.4, -0.2) is 27.4 Å². The molecule has 0 spiro atoms. The Morgan fingerprint density at radius 2 is 1.52 bits per heavy atom. The van der Waals surface area contributed by atoms with E-state index in [1.54, 1.807) is 14.2 Å². The van der Waals surface area contributed by atoms with Gasteiger partial charge in [0.2, 0.25) is 0 Å². The Hall–Kier alpha value is -2.20. The van der Waals surface area contributed by atoms with Gasteiger partial charge in [-0.2, -0.15) is 0 Å². The summed E-state index contributed by atoms with van der Waals surface area (Å²) in [7, 11) is 3.30. The van der Waals surface area contributed by atoms with Gasteiger partial charge in [-0.05, 0) is 37.1 Å². The van der Waals surface area contributed by atoms with Gasteiger partial charge in [0.25, 0.3) is 0 Å². The lowest BCUT2D eigenvalue weighted by Crippen LogP contribution is -2.08. The Bertz CT molecular complexity index is 623. The molecule has 0 saturated carbocycles. The van der Waals surface area contributed by atoms with Crippen molar-refractivity contribution in [3.05, 3.63) is 53.1 Å². The molecule has 4 nitrogen and oxygen atoms in total. The smallest absolute Gasteiger partial charge is 0.166 e. The van der Waals surface area contributed by atoms with Crippen molar-refractivity contribution in [3.63, 3.8) is 0 Å². The Morgan fingerprint density at radius 3 is 2.17 bits per heavy atom. The molecule has 0 aliphatic rings. The van der Waals surface area contributed by atoms with Gasteiger partial charge in [-0.1, -0.05) is 24.3 Å². The van der Waals surface area contributed by atoms with Crippen LogP contribution in [0.5, 0.6) is 17.2 Å². The lowest BCUT2D eigenvalue weighted by atomic mass is 10.0. The highest BCUT2D eigenvalue weighted by molar-refractivity contribution is 5.54. The molecule has 0 amide bonds. The van der Waals surface area contributed by atoms with Gasteiger partial charge in [0.1, 0.15) is 12.4 Å². The Kier molecular flexibility index (Phi) is 6.29. The van der Waals surface area contributed by atoms with Crippen molar-refractivity contribution in [3.8, 4) is 17.2 Å². The van der Waals surface area contributed by atoms with Crippen LogP contribution in [0.4, 0.5) is 0 Å². The summed E-state index contributed by atoms with van der Waals surface area (Å²) in [5.74, 6) is 2.35. The molecule has 0 aliphatic heterocycles. The number of aryl methyl sites for hydroxylation is 2. The lowest BCUT2D eigenvalue weighted by molar-refractivity contribution is 0.0871. The third-order valence-corrected chi connectivity index (χ3v) is 3.64. The SMILES string of the molecule is COc1c(C)cc(C)c(COCCOc2ccccc2)c1OC. The molecule has 2 aromatic rings. The number of methoxy groups -OCH3 is 2. The molecule has 23 heavy (non-hydrogen) atoms. The summed E-state index contributed by atoms with van der Waals surface area (Å²) in [5, 5.41) is 0. The Balaban J connectivity index is 1.92. The first kappa shape index (κ1) is 17.2. The van der Waals surface area contributed by atoms with E-state index in [-0.39, 0.29) is 0 Å². The molecule has 0 aromatic heterocycles. The van der Waals surface area contributed by atoms with Crippen LogP contribution in [0.1, 0.15) is 16.7 Å². The standard InChI is InChI=1S/C19H24O4/c1-14-12-15(2)18(20-3)19(21-4)17(14)13-22-10-11-23-16-8-6-5-7-9-16/h5-9,12H,10-11,13H2,1-4H3. The summed E-state index contributed by atoms with van der Waals surface area (Å²) >= 11 is 0. The maximum absolute atomic E-state index is 5.74. The maximum atomic E-state index is 5.74. The molecule has 0 unspecified atom stereocenters. The molecule has 2 rings (SSSR count). The van der Waals surface area contributed by atoms with Gasteiger partial charge >= 0.3 is 0 Å². The van der Waals surface area contributed by atoms with Crippen LogP contribution in [0.3, 0.4) is 0 Å². The van der Waals surface area contributed by atoms with Crippen molar-refractivity contribution in [2.75, 3.05) is 27.4 Å². The van der Waals surface area contributed by atoms with E-state index >= 15 is 0 Å². The first-order valence-electron chi connectivity index (χ1n) is 7.64. The first-order valence-corrected chi connectivity index (χ1v) is 7.64. The Labute approximate surface area is 137 Å². The molecule has 0 aliphatic carbocycles. The largest absolute Gasteiger partial charge is 0.493 e. The van der Waals surface area contributed by atoms with Gasteiger partial charge in [-0.25, -0.2) is 0 Å². The van der Waals surface area contributed by atoms with E-state index in [1.807, 2.05) is 44.2 Å². The van der Waals surface area contributed by atoms with Crippen molar-refractivity contribution in [1.82, 2.24) is 0 Å². The zero-order valence-electron chi connectivity index (χ0n) is 14.2.